The quantitative estimate of drug-likeness (QED) is 0.550. The standard InChI is InChI=1S/C22H21ClN4O4/c1-14-19(12-25-27(14)18-5-3-4-16(23)11-18)22(30)26-17-8-6-15(7-9-17)10-20(28)24-13-21(29)31-2/h3-9,11-12H,10,13H2,1-2H3,(H,24,28)(H,26,30). The predicted octanol–water partition coefficient (Wildman–Crippen LogP) is 2.92. The zero-order chi connectivity index (χ0) is 22.4. The summed E-state index contributed by atoms with van der Waals surface area (Å²) < 4.78 is 6.12. The molecule has 0 spiro atoms. The Hall–Kier alpha value is -3.65. The Morgan fingerprint density at radius 2 is 1.87 bits per heavy atom. The summed E-state index contributed by atoms with van der Waals surface area (Å²) in [6.45, 7) is 1.63. The number of methoxy groups -OCH3 is 1. The Kier molecular flexibility index (Phi) is 7.04. The summed E-state index contributed by atoms with van der Waals surface area (Å²) in [6.07, 6.45) is 1.61. The smallest absolute Gasteiger partial charge is 0.325 e. The van der Waals surface area contributed by atoms with E-state index >= 15 is 0 Å². The number of ether oxygens (including phenoxy) is 1. The van der Waals surface area contributed by atoms with Crippen molar-refractivity contribution in [1.29, 1.82) is 0 Å². The highest BCUT2D eigenvalue weighted by Gasteiger charge is 2.16. The first-order valence-electron chi connectivity index (χ1n) is 9.41. The van der Waals surface area contributed by atoms with Gasteiger partial charge in [0.25, 0.3) is 5.91 Å². The van der Waals surface area contributed by atoms with E-state index in [9.17, 15) is 14.4 Å². The molecule has 0 saturated carbocycles. The van der Waals surface area contributed by atoms with Crippen molar-refractivity contribution in [3.63, 3.8) is 0 Å². The third-order valence-electron chi connectivity index (χ3n) is 4.54. The molecule has 0 saturated heterocycles. The zero-order valence-electron chi connectivity index (χ0n) is 17.0. The molecule has 0 unspecified atom stereocenters. The number of aromatic nitrogens is 2. The van der Waals surface area contributed by atoms with E-state index in [2.05, 4.69) is 20.5 Å². The van der Waals surface area contributed by atoms with Crippen molar-refractivity contribution in [2.45, 2.75) is 13.3 Å². The minimum Gasteiger partial charge on any atom is -0.468 e. The number of esters is 1. The maximum atomic E-state index is 12.7. The molecule has 2 amide bonds. The van der Waals surface area contributed by atoms with Crippen molar-refractivity contribution in [2.75, 3.05) is 19.0 Å². The summed E-state index contributed by atoms with van der Waals surface area (Å²) in [4.78, 5) is 35.6. The van der Waals surface area contributed by atoms with Crippen LogP contribution < -0.4 is 10.6 Å². The van der Waals surface area contributed by atoms with E-state index in [4.69, 9.17) is 11.6 Å². The molecule has 0 radical (unpaired) electrons. The molecule has 0 fully saturated rings. The summed E-state index contributed by atoms with van der Waals surface area (Å²) in [5.41, 5.74) is 3.20. The maximum absolute atomic E-state index is 12.7. The molecule has 3 rings (SSSR count). The first-order chi connectivity index (χ1) is 14.9. The van der Waals surface area contributed by atoms with E-state index in [-0.39, 0.29) is 24.8 Å². The lowest BCUT2D eigenvalue weighted by molar-refractivity contribution is -0.141. The van der Waals surface area contributed by atoms with Crippen LogP contribution in [0, 0.1) is 6.92 Å². The van der Waals surface area contributed by atoms with Gasteiger partial charge in [-0.1, -0.05) is 29.8 Å². The average molecular weight is 441 g/mol. The Labute approximate surface area is 184 Å². The molecule has 0 aliphatic heterocycles. The molecule has 9 heteroatoms. The summed E-state index contributed by atoms with van der Waals surface area (Å²) in [5, 5.41) is 10.2. The number of anilines is 1. The van der Waals surface area contributed by atoms with Gasteiger partial charge in [0.05, 0.1) is 36.7 Å². The van der Waals surface area contributed by atoms with E-state index in [1.165, 1.54) is 13.3 Å². The van der Waals surface area contributed by atoms with Crippen LogP contribution in [0.1, 0.15) is 21.6 Å². The largest absolute Gasteiger partial charge is 0.468 e. The van der Waals surface area contributed by atoms with Gasteiger partial charge >= 0.3 is 5.97 Å². The van der Waals surface area contributed by atoms with Crippen molar-refractivity contribution in [2.24, 2.45) is 0 Å². The molecule has 2 N–H and O–H groups in total. The van der Waals surface area contributed by atoms with Crippen molar-refractivity contribution >= 4 is 35.1 Å². The van der Waals surface area contributed by atoms with Gasteiger partial charge in [0.2, 0.25) is 5.91 Å². The first-order valence-corrected chi connectivity index (χ1v) is 9.79. The van der Waals surface area contributed by atoms with Gasteiger partial charge in [-0.3, -0.25) is 14.4 Å². The number of carbonyl (C=O) groups is 3. The predicted molar refractivity (Wildman–Crippen MR) is 116 cm³/mol. The number of hydrogen-bond donors (Lipinski definition) is 2. The second-order valence-corrected chi connectivity index (χ2v) is 7.15. The summed E-state index contributed by atoms with van der Waals surface area (Å²) in [5.74, 6) is -1.11. The van der Waals surface area contributed by atoms with Crippen LogP contribution in [0.4, 0.5) is 5.69 Å². The lowest BCUT2D eigenvalue weighted by Gasteiger charge is -2.08. The Morgan fingerprint density at radius 1 is 1.13 bits per heavy atom. The molecule has 1 heterocycles. The van der Waals surface area contributed by atoms with Gasteiger partial charge in [-0.25, -0.2) is 4.68 Å². The van der Waals surface area contributed by atoms with Crippen LogP contribution in [0.3, 0.4) is 0 Å². The molecule has 1 aromatic heterocycles. The van der Waals surface area contributed by atoms with Crippen LogP contribution in [0.2, 0.25) is 5.02 Å². The molecular weight excluding hydrogens is 420 g/mol. The molecule has 0 aliphatic rings. The van der Waals surface area contributed by atoms with Crippen molar-refractivity contribution in [3.05, 3.63) is 76.6 Å². The maximum Gasteiger partial charge on any atom is 0.325 e. The van der Waals surface area contributed by atoms with Gasteiger partial charge in [0.15, 0.2) is 0 Å². The van der Waals surface area contributed by atoms with E-state index in [1.807, 2.05) is 12.1 Å². The molecule has 0 atom stereocenters. The van der Waals surface area contributed by atoms with Gasteiger partial charge < -0.3 is 15.4 Å². The van der Waals surface area contributed by atoms with Gasteiger partial charge in [0.1, 0.15) is 6.54 Å². The van der Waals surface area contributed by atoms with Crippen LogP contribution in [0.25, 0.3) is 5.69 Å². The van der Waals surface area contributed by atoms with E-state index < -0.39 is 5.97 Å². The van der Waals surface area contributed by atoms with Crippen LogP contribution in [-0.4, -0.2) is 41.2 Å². The Morgan fingerprint density at radius 3 is 2.55 bits per heavy atom. The lowest BCUT2D eigenvalue weighted by Crippen LogP contribution is -2.31. The normalized spacial score (nSPS) is 10.4. The first kappa shape index (κ1) is 22.0. The Balaban J connectivity index is 1.62. The summed E-state index contributed by atoms with van der Waals surface area (Å²) in [6, 6.07) is 14.1. The number of nitrogens with zero attached hydrogens (tertiary/aromatic N) is 2. The topological polar surface area (TPSA) is 102 Å². The van der Waals surface area contributed by atoms with Gasteiger partial charge in [-0.15, -0.1) is 0 Å². The number of amides is 2. The van der Waals surface area contributed by atoms with Crippen LogP contribution in [-0.2, 0) is 20.7 Å². The third-order valence-corrected chi connectivity index (χ3v) is 4.78. The SMILES string of the molecule is COC(=O)CNC(=O)Cc1ccc(NC(=O)c2cnn(-c3cccc(Cl)c3)c2C)cc1. The molecule has 160 valence electrons. The van der Waals surface area contributed by atoms with E-state index in [0.717, 1.165) is 11.3 Å². The minimum absolute atomic E-state index is 0.108. The molecule has 0 aliphatic carbocycles. The second kappa shape index (κ2) is 9.90. The average Bonchev–Trinajstić information content (AvgIpc) is 3.15. The fourth-order valence-electron chi connectivity index (χ4n) is 2.90. The highest BCUT2D eigenvalue weighted by Crippen LogP contribution is 2.19. The lowest BCUT2D eigenvalue weighted by atomic mass is 10.1. The Bertz CT molecular complexity index is 1110. The van der Waals surface area contributed by atoms with Crippen molar-refractivity contribution < 1.29 is 19.1 Å². The number of hydrogen-bond acceptors (Lipinski definition) is 5. The van der Waals surface area contributed by atoms with E-state index in [1.54, 1.807) is 48.0 Å². The monoisotopic (exact) mass is 440 g/mol. The number of nitrogens with one attached hydrogen (secondary N) is 2. The zero-order valence-corrected chi connectivity index (χ0v) is 17.8. The number of benzene rings is 2. The van der Waals surface area contributed by atoms with E-state index in [0.29, 0.717) is 22.0 Å². The molecular formula is C22H21ClN4O4. The number of rotatable bonds is 7. The summed E-state index contributed by atoms with van der Waals surface area (Å²) >= 11 is 6.04. The van der Waals surface area contributed by atoms with Crippen molar-refractivity contribution in [1.82, 2.24) is 15.1 Å². The minimum atomic E-state index is -0.514. The summed E-state index contributed by atoms with van der Waals surface area (Å²) in [7, 11) is 1.26. The van der Waals surface area contributed by atoms with Gasteiger partial charge in [-0.2, -0.15) is 5.10 Å². The third kappa shape index (κ3) is 5.70. The highest BCUT2D eigenvalue weighted by molar-refractivity contribution is 6.30. The molecule has 3 aromatic rings. The van der Waals surface area contributed by atoms with Crippen LogP contribution >= 0.6 is 11.6 Å². The second-order valence-electron chi connectivity index (χ2n) is 6.72. The van der Waals surface area contributed by atoms with Crippen LogP contribution in [0.15, 0.2) is 54.7 Å². The highest BCUT2D eigenvalue weighted by atomic mass is 35.5. The number of halogens is 1. The van der Waals surface area contributed by atoms with Crippen LogP contribution in [0.5, 0.6) is 0 Å². The van der Waals surface area contributed by atoms with Crippen molar-refractivity contribution in [3.8, 4) is 5.69 Å². The molecule has 0 bridgehead atoms. The van der Waals surface area contributed by atoms with Gasteiger partial charge in [-0.05, 0) is 42.8 Å². The molecule has 2 aromatic carbocycles. The fraction of sp³-hybridized carbons (Fsp3) is 0.182. The molecule has 31 heavy (non-hydrogen) atoms. The number of carbonyl (C=O) groups excluding carboxylic acids is 3. The fourth-order valence-corrected chi connectivity index (χ4v) is 3.08. The van der Waals surface area contributed by atoms with Gasteiger partial charge in [0, 0.05) is 10.7 Å². The molecule has 8 nitrogen and oxygen atoms in total.